The summed E-state index contributed by atoms with van der Waals surface area (Å²) in [4.78, 5) is 10.4. The van der Waals surface area contributed by atoms with Crippen LogP contribution in [0.15, 0.2) is 72.4 Å². The first-order valence-corrected chi connectivity index (χ1v) is 11.4. The van der Waals surface area contributed by atoms with Crippen LogP contribution in [-0.2, 0) is 19.2 Å². The van der Waals surface area contributed by atoms with Gasteiger partial charge in [0, 0.05) is 16.7 Å². The first kappa shape index (κ1) is 27.5. The average molecular weight is 534 g/mol. The number of rotatable bonds is 11. The first-order chi connectivity index (χ1) is 17.6. The third kappa shape index (κ3) is 7.47. The Balaban J connectivity index is 1.87. The molecule has 0 aromatic heterocycles. The van der Waals surface area contributed by atoms with Gasteiger partial charge in [0.05, 0.1) is 23.3 Å². The minimum absolute atomic E-state index is 0.187. The van der Waals surface area contributed by atoms with Crippen molar-refractivity contribution in [2.45, 2.75) is 26.1 Å². The smallest absolute Gasteiger partial charge is 0.416 e. The number of anilines is 1. The van der Waals surface area contributed by atoms with Crippen molar-refractivity contribution in [2.24, 2.45) is 5.10 Å². The lowest BCUT2D eigenvalue weighted by molar-refractivity contribution is -0.384. The summed E-state index contributed by atoms with van der Waals surface area (Å²) in [6, 6.07) is 12.9. The van der Waals surface area contributed by atoms with Gasteiger partial charge >= 0.3 is 6.18 Å². The van der Waals surface area contributed by atoms with Crippen molar-refractivity contribution in [3.63, 3.8) is 0 Å². The molecular formula is C26H23ClF3N3O4. The van der Waals surface area contributed by atoms with Crippen molar-refractivity contribution < 1.29 is 27.6 Å². The van der Waals surface area contributed by atoms with E-state index in [4.69, 9.17) is 21.1 Å². The third-order valence-electron chi connectivity index (χ3n) is 5.04. The second kappa shape index (κ2) is 12.3. The highest BCUT2D eigenvalue weighted by atomic mass is 35.5. The van der Waals surface area contributed by atoms with Crippen LogP contribution in [-0.4, -0.2) is 17.7 Å². The predicted molar refractivity (Wildman–Crippen MR) is 137 cm³/mol. The molecule has 7 nitrogen and oxygen atoms in total. The van der Waals surface area contributed by atoms with Gasteiger partial charge in [0.25, 0.3) is 5.69 Å². The summed E-state index contributed by atoms with van der Waals surface area (Å²) in [5, 5.41) is 15.9. The van der Waals surface area contributed by atoms with Gasteiger partial charge in [-0.2, -0.15) is 18.3 Å². The summed E-state index contributed by atoms with van der Waals surface area (Å²) in [6.45, 7) is 6.24. The molecule has 0 aliphatic rings. The molecule has 0 heterocycles. The Morgan fingerprint density at radius 1 is 1.14 bits per heavy atom. The topological polar surface area (TPSA) is 86.0 Å². The van der Waals surface area contributed by atoms with Gasteiger partial charge in [0.2, 0.25) is 0 Å². The molecule has 194 valence electrons. The number of benzene rings is 3. The van der Waals surface area contributed by atoms with Crippen molar-refractivity contribution in [1.82, 2.24) is 0 Å². The van der Waals surface area contributed by atoms with Gasteiger partial charge in [-0.1, -0.05) is 29.8 Å². The Morgan fingerprint density at radius 2 is 1.86 bits per heavy atom. The van der Waals surface area contributed by atoms with Crippen LogP contribution in [0, 0.1) is 10.1 Å². The molecule has 0 amide bonds. The van der Waals surface area contributed by atoms with Crippen LogP contribution in [0.2, 0.25) is 5.02 Å². The maximum atomic E-state index is 12.9. The number of nitro groups is 1. The summed E-state index contributed by atoms with van der Waals surface area (Å²) in [6.07, 6.45) is -1.18. The van der Waals surface area contributed by atoms with E-state index >= 15 is 0 Å². The molecule has 3 rings (SSSR count). The molecule has 0 saturated carbocycles. The second-order valence-corrected chi connectivity index (χ2v) is 8.14. The SMILES string of the molecule is C=CCc1cc(/C=N\Nc2ccc(C(F)(F)F)cc2[N+](=O)[O-])cc(OCC)c1OCc1ccc(Cl)cc1. The fraction of sp³-hybridized carbons (Fsp3) is 0.192. The molecule has 0 atom stereocenters. The molecule has 0 spiro atoms. The summed E-state index contributed by atoms with van der Waals surface area (Å²) in [7, 11) is 0. The summed E-state index contributed by atoms with van der Waals surface area (Å²) >= 11 is 5.94. The lowest BCUT2D eigenvalue weighted by Crippen LogP contribution is -2.07. The highest BCUT2D eigenvalue weighted by Crippen LogP contribution is 2.36. The van der Waals surface area contributed by atoms with Gasteiger partial charge < -0.3 is 9.47 Å². The number of nitrogens with one attached hydrogen (secondary N) is 1. The minimum atomic E-state index is -4.71. The normalized spacial score (nSPS) is 11.4. The van der Waals surface area contributed by atoms with Crippen LogP contribution in [0.4, 0.5) is 24.5 Å². The highest BCUT2D eigenvalue weighted by molar-refractivity contribution is 6.30. The molecule has 0 fully saturated rings. The monoisotopic (exact) mass is 533 g/mol. The number of hydrogen-bond acceptors (Lipinski definition) is 6. The number of ether oxygens (including phenoxy) is 2. The minimum Gasteiger partial charge on any atom is -0.490 e. The zero-order valence-corrected chi connectivity index (χ0v) is 20.5. The van der Waals surface area contributed by atoms with E-state index in [1.54, 1.807) is 30.3 Å². The quantitative estimate of drug-likeness (QED) is 0.120. The summed E-state index contributed by atoms with van der Waals surface area (Å²) in [5.41, 5.74) is 2.62. The molecule has 0 radical (unpaired) electrons. The molecular weight excluding hydrogens is 511 g/mol. The zero-order chi connectivity index (χ0) is 27.0. The van der Waals surface area contributed by atoms with E-state index in [0.29, 0.717) is 41.2 Å². The predicted octanol–water partition coefficient (Wildman–Crippen LogP) is 7.42. The fourth-order valence-electron chi connectivity index (χ4n) is 3.36. The highest BCUT2D eigenvalue weighted by Gasteiger charge is 2.33. The molecule has 3 aromatic carbocycles. The van der Waals surface area contributed by atoms with Gasteiger partial charge in [0.1, 0.15) is 12.3 Å². The van der Waals surface area contributed by atoms with E-state index < -0.39 is 22.4 Å². The van der Waals surface area contributed by atoms with E-state index in [1.807, 2.05) is 19.1 Å². The van der Waals surface area contributed by atoms with Crippen molar-refractivity contribution in [3.8, 4) is 11.5 Å². The van der Waals surface area contributed by atoms with Crippen LogP contribution in [0.5, 0.6) is 11.5 Å². The molecule has 3 aromatic rings. The molecule has 37 heavy (non-hydrogen) atoms. The van der Waals surface area contributed by atoms with Gasteiger partial charge in [-0.15, -0.1) is 6.58 Å². The number of hydrogen-bond donors (Lipinski definition) is 1. The van der Waals surface area contributed by atoms with Gasteiger partial charge in [-0.3, -0.25) is 15.5 Å². The third-order valence-corrected chi connectivity index (χ3v) is 5.29. The number of nitro benzene ring substituents is 1. The Bertz CT molecular complexity index is 1300. The van der Waals surface area contributed by atoms with Crippen molar-refractivity contribution in [3.05, 3.63) is 105 Å². The fourth-order valence-corrected chi connectivity index (χ4v) is 3.48. The summed E-state index contributed by atoms with van der Waals surface area (Å²) in [5.74, 6) is 0.984. The molecule has 0 saturated heterocycles. The zero-order valence-electron chi connectivity index (χ0n) is 19.7. The molecule has 1 N–H and O–H groups in total. The maximum Gasteiger partial charge on any atom is 0.416 e. The first-order valence-electron chi connectivity index (χ1n) is 11.0. The van der Waals surface area contributed by atoms with Gasteiger partial charge in [-0.05, 0) is 60.9 Å². The van der Waals surface area contributed by atoms with Crippen LogP contribution >= 0.6 is 11.6 Å². The second-order valence-electron chi connectivity index (χ2n) is 7.71. The van der Waals surface area contributed by atoms with E-state index in [2.05, 4.69) is 17.1 Å². The maximum absolute atomic E-state index is 12.9. The Labute approximate surface area is 216 Å². The standard InChI is InChI=1S/C26H23ClF3N3O4/c1-3-5-19-12-18(13-24(36-4-2)25(19)37-16-17-6-9-21(27)10-7-17)15-31-32-22-11-8-20(26(28,29)30)14-23(22)33(34)35/h3,6-15,32H,1,4-5,16H2,2H3/b31-15-. The van der Waals surface area contributed by atoms with Crippen LogP contribution < -0.4 is 14.9 Å². The molecule has 0 bridgehead atoms. The number of halogens is 4. The summed E-state index contributed by atoms with van der Waals surface area (Å²) < 4.78 is 50.6. The molecule has 0 aliphatic carbocycles. The Kier molecular flexibility index (Phi) is 9.13. The van der Waals surface area contributed by atoms with Gasteiger partial charge in [-0.25, -0.2) is 0 Å². The van der Waals surface area contributed by atoms with E-state index in [1.165, 1.54) is 6.21 Å². The number of allylic oxidation sites excluding steroid dienone is 1. The lowest BCUT2D eigenvalue weighted by Gasteiger charge is -2.17. The molecule has 0 aliphatic heterocycles. The molecule has 0 unspecified atom stereocenters. The van der Waals surface area contributed by atoms with Crippen LogP contribution in [0.1, 0.15) is 29.2 Å². The van der Waals surface area contributed by atoms with E-state index in [0.717, 1.165) is 23.3 Å². The largest absolute Gasteiger partial charge is 0.490 e. The number of nitrogens with zero attached hydrogens (tertiary/aromatic N) is 2. The Hall–Kier alpha value is -4.05. The lowest BCUT2D eigenvalue weighted by atomic mass is 10.1. The number of hydrazone groups is 1. The average Bonchev–Trinajstić information content (AvgIpc) is 2.84. The van der Waals surface area contributed by atoms with Crippen LogP contribution in [0.25, 0.3) is 0 Å². The number of alkyl halides is 3. The van der Waals surface area contributed by atoms with Crippen LogP contribution in [0.3, 0.4) is 0 Å². The molecule has 11 heteroatoms. The van der Waals surface area contributed by atoms with Crippen molar-refractivity contribution in [1.29, 1.82) is 0 Å². The van der Waals surface area contributed by atoms with Gasteiger partial charge in [0.15, 0.2) is 11.5 Å². The van der Waals surface area contributed by atoms with E-state index in [9.17, 15) is 23.3 Å². The van der Waals surface area contributed by atoms with Crippen molar-refractivity contribution in [2.75, 3.05) is 12.0 Å². The Morgan fingerprint density at radius 3 is 2.49 bits per heavy atom. The van der Waals surface area contributed by atoms with E-state index in [-0.39, 0.29) is 12.3 Å². The van der Waals surface area contributed by atoms with Crippen molar-refractivity contribution >= 4 is 29.2 Å².